The second kappa shape index (κ2) is 19.0. The van der Waals surface area contributed by atoms with Crippen LogP contribution in [0.2, 0.25) is 0 Å². The number of allylic oxidation sites excluding steroid dienone is 1. The number of nitrogens with one attached hydrogen (secondary N) is 4. The number of methoxy groups -OCH3 is 2. The van der Waals surface area contributed by atoms with Crippen LogP contribution in [0.4, 0.5) is 0 Å². The van der Waals surface area contributed by atoms with Crippen LogP contribution in [0.3, 0.4) is 0 Å². The van der Waals surface area contributed by atoms with Gasteiger partial charge in [-0.2, -0.15) is 0 Å². The lowest BCUT2D eigenvalue weighted by Crippen LogP contribution is -2.59. The average molecular weight is 615 g/mol. The van der Waals surface area contributed by atoms with E-state index in [0.29, 0.717) is 36.6 Å². The van der Waals surface area contributed by atoms with Crippen LogP contribution in [0.5, 0.6) is 0 Å². The lowest BCUT2D eigenvalue weighted by Gasteiger charge is -2.41. The summed E-state index contributed by atoms with van der Waals surface area (Å²) in [6, 6.07) is -1.11. The van der Waals surface area contributed by atoms with Crippen molar-refractivity contribution in [3.63, 3.8) is 0 Å². The Balaban J connectivity index is 3.57. The van der Waals surface area contributed by atoms with Gasteiger partial charge in [0.2, 0.25) is 18.2 Å². The van der Waals surface area contributed by atoms with Crippen LogP contribution < -0.4 is 21.3 Å². The van der Waals surface area contributed by atoms with Crippen molar-refractivity contribution in [1.82, 2.24) is 31.1 Å². The normalized spacial score (nSPS) is 19.1. The zero-order valence-corrected chi connectivity index (χ0v) is 27.5. The van der Waals surface area contributed by atoms with E-state index in [4.69, 9.17) is 9.47 Å². The summed E-state index contributed by atoms with van der Waals surface area (Å²) in [5.41, 5.74) is 1.97. The fourth-order valence-electron chi connectivity index (χ4n) is 5.08. The van der Waals surface area contributed by atoms with E-state index < -0.39 is 29.4 Å². The summed E-state index contributed by atoms with van der Waals surface area (Å²) in [5.74, 6) is -0.952. The summed E-state index contributed by atoms with van der Waals surface area (Å²) in [7, 11) is 4.71. The Kier molecular flexibility index (Phi) is 17.0. The third-order valence-corrected chi connectivity index (χ3v) is 7.98. The molecule has 0 aromatic heterocycles. The highest BCUT2D eigenvalue weighted by atomic mass is 32.2. The molecule has 0 aromatic rings. The van der Waals surface area contributed by atoms with Gasteiger partial charge < -0.3 is 45.1 Å². The molecule has 242 valence electrons. The van der Waals surface area contributed by atoms with Crippen LogP contribution in [0.1, 0.15) is 47.5 Å². The molecule has 42 heavy (non-hydrogen) atoms. The number of likely N-dealkylation sites (N-methyl/N-ethyl adjacent to an activating group) is 2. The van der Waals surface area contributed by atoms with Crippen molar-refractivity contribution in [2.24, 2.45) is 11.8 Å². The molecule has 1 heterocycles. The number of carbonyl (C=O) groups is 2. The van der Waals surface area contributed by atoms with E-state index >= 15 is 0 Å². The summed E-state index contributed by atoms with van der Waals surface area (Å²) < 4.78 is 32.9. The molecule has 0 radical (unpaired) electrons. The van der Waals surface area contributed by atoms with Gasteiger partial charge in [-0.1, -0.05) is 33.9 Å². The molecule has 12 nitrogen and oxygen atoms in total. The number of amides is 2. The highest BCUT2D eigenvalue weighted by Crippen LogP contribution is 2.23. The molecule has 1 fully saturated rings. The SMILES string of the molecule is C=C/C(NCC)=C(/C(CC)NC(=C)[C@H](C)OC)N(CCS(=O)O)C(NC(=O)[C@H](C(C)C)N(C)C(=O)[C@H]1CCNC1)OC. The lowest BCUT2D eigenvalue weighted by molar-refractivity contribution is -0.147. The molecule has 1 saturated heterocycles. The number of nitrogens with zero attached hydrogens (tertiary/aromatic N) is 2. The van der Waals surface area contributed by atoms with Gasteiger partial charge in [0.1, 0.15) is 6.04 Å². The molecular formula is C29H54N6O6S. The largest absolute Gasteiger partial charge is 0.384 e. The molecule has 0 aliphatic carbocycles. The molecule has 0 bridgehead atoms. The fraction of sp³-hybridized carbons (Fsp3) is 0.724. The first-order valence-electron chi connectivity index (χ1n) is 14.6. The first-order chi connectivity index (χ1) is 19.9. The Morgan fingerprint density at radius 1 is 1.19 bits per heavy atom. The Bertz CT molecular complexity index is 955. The number of ether oxygens (including phenoxy) is 2. The second-order valence-corrected chi connectivity index (χ2v) is 11.7. The van der Waals surface area contributed by atoms with Crippen molar-refractivity contribution < 1.29 is 27.8 Å². The Hall–Kier alpha value is -2.45. The minimum Gasteiger partial charge on any atom is -0.384 e. The highest BCUT2D eigenvalue weighted by Gasteiger charge is 2.37. The van der Waals surface area contributed by atoms with Crippen molar-refractivity contribution in [1.29, 1.82) is 0 Å². The quantitative estimate of drug-likeness (QED) is 0.0779. The maximum atomic E-state index is 13.9. The summed E-state index contributed by atoms with van der Waals surface area (Å²) in [6.45, 7) is 19.7. The van der Waals surface area contributed by atoms with Gasteiger partial charge in [-0.15, -0.1) is 0 Å². The van der Waals surface area contributed by atoms with Crippen LogP contribution >= 0.6 is 0 Å². The number of hydrogen-bond donors (Lipinski definition) is 5. The van der Waals surface area contributed by atoms with E-state index in [1.165, 1.54) is 12.0 Å². The maximum Gasteiger partial charge on any atom is 0.246 e. The second-order valence-electron chi connectivity index (χ2n) is 10.7. The van der Waals surface area contributed by atoms with Gasteiger partial charge in [-0.3, -0.25) is 9.59 Å². The van der Waals surface area contributed by atoms with Crippen molar-refractivity contribution in [2.75, 3.05) is 53.2 Å². The van der Waals surface area contributed by atoms with E-state index in [1.54, 1.807) is 25.1 Å². The summed E-state index contributed by atoms with van der Waals surface area (Å²) in [4.78, 5) is 30.4. The summed E-state index contributed by atoms with van der Waals surface area (Å²) in [6.07, 6.45) is 1.67. The van der Waals surface area contributed by atoms with Crippen molar-refractivity contribution in [2.45, 2.75) is 72.0 Å². The monoisotopic (exact) mass is 614 g/mol. The first kappa shape index (κ1) is 37.6. The molecule has 0 saturated carbocycles. The Labute approximate surface area is 255 Å². The molecule has 5 N–H and O–H groups in total. The van der Waals surface area contributed by atoms with Gasteiger partial charge in [0.05, 0.1) is 35.2 Å². The van der Waals surface area contributed by atoms with Gasteiger partial charge in [0.25, 0.3) is 0 Å². The van der Waals surface area contributed by atoms with E-state index in [0.717, 1.165) is 13.0 Å². The molecule has 1 aliphatic heterocycles. The fourth-order valence-corrected chi connectivity index (χ4v) is 5.43. The summed E-state index contributed by atoms with van der Waals surface area (Å²) >= 11 is -2.11. The number of rotatable bonds is 20. The van der Waals surface area contributed by atoms with E-state index in [1.807, 2.05) is 34.6 Å². The third-order valence-electron chi connectivity index (χ3n) is 7.45. The Morgan fingerprint density at radius 2 is 1.86 bits per heavy atom. The van der Waals surface area contributed by atoms with E-state index in [-0.39, 0.29) is 42.2 Å². The van der Waals surface area contributed by atoms with Gasteiger partial charge in [-0.05, 0) is 45.2 Å². The van der Waals surface area contributed by atoms with Gasteiger partial charge in [0, 0.05) is 46.6 Å². The third kappa shape index (κ3) is 10.7. The predicted molar refractivity (Wildman–Crippen MR) is 167 cm³/mol. The number of hydrogen-bond acceptors (Lipinski definition) is 9. The van der Waals surface area contributed by atoms with Gasteiger partial charge >= 0.3 is 0 Å². The van der Waals surface area contributed by atoms with E-state index in [9.17, 15) is 18.4 Å². The van der Waals surface area contributed by atoms with Crippen molar-refractivity contribution >= 4 is 22.9 Å². The van der Waals surface area contributed by atoms with Gasteiger partial charge in [0.15, 0.2) is 11.1 Å². The van der Waals surface area contributed by atoms with Crippen LogP contribution in [0.25, 0.3) is 0 Å². The highest BCUT2D eigenvalue weighted by molar-refractivity contribution is 7.79. The van der Waals surface area contributed by atoms with E-state index in [2.05, 4.69) is 34.4 Å². The topological polar surface area (TPSA) is 144 Å². The maximum absolute atomic E-state index is 13.9. The zero-order valence-electron chi connectivity index (χ0n) is 26.7. The van der Waals surface area contributed by atoms with Gasteiger partial charge in [-0.25, -0.2) is 4.21 Å². The molecule has 0 aromatic carbocycles. The molecule has 2 amide bonds. The molecule has 6 atom stereocenters. The standard InChI is InChI=1S/C29H54N6O6S/c1-11-23(31-13-3)26(24(12-2)32-20(6)21(7)40-9)35(16-17-42(38)39)29(41-10)33-27(36)25(19(4)5)34(8)28(37)22-14-15-30-18-22/h11,19,21-22,24-25,29-32H,1,6,12-18H2,2-5,7-10H3,(H,33,36)(H,38,39)/b26-23+/t21-,22-,24?,25-,29?/m0/s1. The zero-order chi connectivity index (χ0) is 32.0. The molecule has 1 rings (SSSR count). The minimum absolute atomic E-state index is 0.0688. The lowest BCUT2D eigenvalue weighted by atomic mass is 9.99. The van der Waals surface area contributed by atoms with Crippen molar-refractivity contribution in [3.8, 4) is 0 Å². The van der Waals surface area contributed by atoms with Crippen LogP contribution in [-0.4, -0.2) is 108 Å². The molecule has 1 aliphatic rings. The molecular weight excluding hydrogens is 560 g/mol. The number of carbonyl (C=O) groups excluding carboxylic acids is 2. The van der Waals surface area contributed by atoms with Crippen LogP contribution in [0, 0.1) is 11.8 Å². The molecule has 3 unspecified atom stereocenters. The first-order valence-corrected chi connectivity index (χ1v) is 15.9. The van der Waals surface area contributed by atoms with Crippen LogP contribution in [-0.2, 0) is 30.1 Å². The summed E-state index contributed by atoms with van der Waals surface area (Å²) in [5, 5.41) is 12.9. The molecule has 0 spiro atoms. The smallest absolute Gasteiger partial charge is 0.246 e. The Morgan fingerprint density at radius 3 is 2.31 bits per heavy atom. The molecule has 13 heteroatoms. The predicted octanol–water partition coefficient (Wildman–Crippen LogP) is 1.57. The van der Waals surface area contributed by atoms with Crippen molar-refractivity contribution in [3.05, 3.63) is 36.3 Å². The average Bonchev–Trinajstić information content (AvgIpc) is 3.50. The minimum atomic E-state index is -2.11. The van der Waals surface area contributed by atoms with Crippen LogP contribution in [0.15, 0.2) is 36.3 Å².